The monoisotopic (exact) mass is 243 g/mol. The molecule has 2 rings (SSSR count). The van der Waals surface area contributed by atoms with E-state index in [0.717, 1.165) is 18.7 Å². The van der Waals surface area contributed by atoms with Crippen molar-refractivity contribution in [3.8, 4) is 0 Å². The highest BCUT2D eigenvalue weighted by atomic mass is 14.9. The standard InChI is InChI=1S/C15H21N3/c1-11(2)8-16-9-12(3)7-13-10-18-15-14(13)5-4-6-17-15/h4-7,10-11,16H,8-9H2,1-3H3,(H,17,18). The van der Waals surface area contributed by atoms with Crippen LogP contribution in [0.2, 0.25) is 0 Å². The highest BCUT2D eigenvalue weighted by molar-refractivity contribution is 5.86. The maximum atomic E-state index is 4.29. The normalized spacial score (nSPS) is 12.6. The molecule has 0 atom stereocenters. The Balaban J connectivity index is 2.07. The molecular formula is C15H21N3. The number of hydrogen-bond acceptors (Lipinski definition) is 2. The average molecular weight is 243 g/mol. The highest BCUT2D eigenvalue weighted by Gasteiger charge is 2.01. The van der Waals surface area contributed by atoms with E-state index in [1.165, 1.54) is 16.5 Å². The van der Waals surface area contributed by atoms with Crippen LogP contribution >= 0.6 is 0 Å². The fourth-order valence-electron chi connectivity index (χ4n) is 1.97. The largest absolute Gasteiger partial charge is 0.346 e. The molecule has 96 valence electrons. The van der Waals surface area contributed by atoms with Gasteiger partial charge in [-0.25, -0.2) is 4.98 Å². The predicted molar refractivity (Wildman–Crippen MR) is 77.5 cm³/mol. The Morgan fingerprint density at radius 1 is 1.50 bits per heavy atom. The molecule has 0 radical (unpaired) electrons. The Morgan fingerprint density at radius 2 is 2.33 bits per heavy atom. The van der Waals surface area contributed by atoms with Gasteiger partial charge in [0.05, 0.1) is 0 Å². The van der Waals surface area contributed by atoms with Crippen molar-refractivity contribution in [1.82, 2.24) is 15.3 Å². The smallest absolute Gasteiger partial charge is 0.137 e. The predicted octanol–water partition coefficient (Wildman–Crippen LogP) is 3.21. The number of hydrogen-bond donors (Lipinski definition) is 2. The first-order chi connectivity index (χ1) is 8.66. The molecule has 0 aromatic carbocycles. The number of rotatable bonds is 5. The third-order valence-electron chi connectivity index (χ3n) is 2.84. The quantitative estimate of drug-likeness (QED) is 0.846. The van der Waals surface area contributed by atoms with Crippen LogP contribution in [-0.2, 0) is 0 Å². The fourth-order valence-corrected chi connectivity index (χ4v) is 1.97. The second-order valence-electron chi connectivity index (χ2n) is 5.16. The molecule has 2 aromatic rings. The highest BCUT2D eigenvalue weighted by Crippen LogP contribution is 2.18. The van der Waals surface area contributed by atoms with Gasteiger partial charge in [0, 0.05) is 29.9 Å². The van der Waals surface area contributed by atoms with Gasteiger partial charge in [-0.05, 0) is 31.5 Å². The summed E-state index contributed by atoms with van der Waals surface area (Å²) in [5.74, 6) is 0.690. The molecule has 18 heavy (non-hydrogen) atoms. The second kappa shape index (κ2) is 5.83. The molecule has 0 spiro atoms. The minimum atomic E-state index is 0.690. The maximum Gasteiger partial charge on any atom is 0.137 e. The van der Waals surface area contributed by atoms with E-state index >= 15 is 0 Å². The van der Waals surface area contributed by atoms with Crippen molar-refractivity contribution in [1.29, 1.82) is 0 Å². The Bertz CT molecular complexity index is 537. The molecule has 0 aliphatic heterocycles. The van der Waals surface area contributed by atoms with E-state index in [4.69, 9.17) is 0 Å². The zero-order valence-electron chi connectivity index (χ0n) is 11.3. The molecule has 3 heteroatoms. The third kappa shape index (κ3) is 3.20. The van der Waals surface area contributed by atoms with Crippen molar-refractivity contribution < 1.29 is 0 Å². The van der Waals surface area contributed by atoms with Crippen LogP contribution < -0.4 is 5.32 Å². The fraction of sp³-hybridized carbons (Fsp3) is 0.400. The lowest BCUT2D eigenvalue weighted by molar-refractivity contribution is 0.572. The molecule has 3 nitrogen and oxygen atoms in total. The van der Waals surface area contributed by atoms with Crippen LogP contribution in [-0.4, -0.2) is 23.1 Å². The van der Waals surface area contributed by atoms with Crippen molar-refractivity contribution in [3.05, 3.63) is 35.7 Å². The first kappa shape index (κ1) is 12.8. The molecule has 0 bridgehead atoms. The van der Waals surface area contributed by atoms with Crippen LogP contribution in [0.4, 0.5) is 0 Å². The van der Waals surface area contributed by atoms with Crippen molar-refractivity contribution in [2.75, 3.05) is 13.1 Å². The minimum absolute atomic E-state index is 0.690. The van der Waals surface area contributed by atoms with Gasteiger partial charge in [-0.2, -0.15) is 0 Å². The molecule has 2 aromatic heterocycles. The van der Waals surface area contributed by atoms with Crippen molar-refractivity contribution in [2.45, 2.75) is 20.8 Å². The molecule has 0 aliphatic carbocycles. The van der Waals surface area contributed by atoms with Gasteiger partial charge in [0.15, 0.2) is 0 Å². The lowest BCUT2D eigenvalue weighted by Gasteiger charge is -2.07. The third-order valence-corrected chi connectivity index (χ3v) is 2.84. The van der Waals surface area contributed by atoms with Gasteiger partial charge in [-0.15, -0.1) is 0 Å². The van der Waals surface area contributed by atoms with E-state index in [0.29, 0.717) is 5.92 Å². The second-order valence-corrected chi connectivity index (χ2v) is 5.16. The van der Waals surface area contributed by atoms with Gasteiger partial charge in [-0.3, -0.25) is 0 Å². The van der Waals surface area contributed by atoms with Gasteiger partial charge in [0.2, 0.25) is 0 Å². The van der Waals surface area contributed by atoms with Gasteiger partial charge < -0.3 is 10.3 Å². The summed E-state index contributed by atoms with van der Waals surface area (Å²) in [6.07, 6.45) is 6.04. The van der Waals surface area contributed by atoms with Crippen molar-refractivity contribution in [2.24, 2.45) is 5.92 Å². The number of H-pyrrole nitrogens is 1. The van der Waals surface area contributed by atoms with Crippen LogP contribution in [0.25, 0.3) is 17.1 Å². The van der Waals surface area contributed by atoms with Crippen molar-refractivity contribution in [3.63, 3.8) is 0 Å². The van der Waals surface area contributed by atoms with E-state index in [9.17, 15) is 0 Å². The van der Waals surface area contributed by atoms with Gasteiger partial charge in [-0.1, -0.05) is 25.5 Å². The summed E-state index contributed by atoms with van der Waals surface area (Å²) in [5.41, 5.74) is 3.49. The van der Waals surface area contributed by atoms with Gasteiger partial charge >= 0.3 is 0 Å². The molecule has 0 amide bonds. The van der Waals surface area contributed by atoms with Gasteiger partial charge in [0.25, 0.3) is 0 Å². The average Bonchev–Trinajstić information content (AvgIpc) is 2.72. The number of nitrogens with zero attached hydrogens (tertiary/aromatic N) is 1. The topological polar surface area (TPSA) is 40.7 Å². The molecular weight excluding hydrogens is 222 g/mol. The first-order valence-corrected chi connectivity index (χ1v) is 6.47. The van der Waals surface area contributed by atoms with E-state index in [1.807, 2.05) is 18.5 Å². The van der Waals surface area contributed by atoms with Crippen LogP contribution in [0, 0.1) is 5.92 Å². The van der Waals surface area contributed by atoms with Crippen LogP contribution in [0.1, 0.15) is 26.3 Å². The van der Waals surface area contributed by atoms with Gasteiger partial charge in [0.1, 0.15) is 5.65 Å². The van der Waals surface area contributed by atoms with Crippen LogP contribution in [0.15, 0.2) is 30.1 Å². The lowest BCUT2D eigenvalue weighted by Crippen LogP contribution is -2.21. The van der Waals surface area contributed by atoms with Crippen LogP contribution in [0.5, 0.6) is 0 Å². The summed E-state index contributed by atoms with van der Waals surface area (Å²) in [6, 6.07) is 4.07. The minimum Gasteiger partial charge on any atom is -0.346 e. The lowest BCUT2D eigenvalue weighted by atomic mass is 10.1. The molecule has 2 heterocycles. The Kier molecular flexibility index (Phi) is 4.15. The molecule has 0 saturated carbocycles. The molecule has 0 saturated heterocycles. The number of aromatic amines is 1. The summed E-state index contributed by atoms with van der Waals surface area (Å²) in [5, 5.41) is 4.63. The zero-order valence-corrected chi connectivity index (χ0v) is 11.3. The summed E-state index contributed by atoms with van der Waals surface area (Å²) >= 11 is 0. The Labute approximate surface area is 108 Å². The summed E-state index contributed by atoms with van der Waals surface area (Å²) in [7, 11) is 0. The SMILES string of the molecule is CC(=Cc1c[nH]c2ncccc12)CNCC(C)C. The van der Waals surface area contributed by atoms with E-state index in [2.05, 4.69) is 48.2 Å². The van der Waals surface area contributed by atoms with E-state index in [-0.39, 0.29) is 0 Å². The first-order valence-electron chi connectivity index (χ1n) is 6.47. The number of fused-ring (bicyclic) bond motifs is 1. The maximum absolute atomic E-state index is 4.29. The van der Waals surface area contributed by atoms with E-state index < -0.39 is 0 Å². The molecule has 2 N–H and O–H groups in total. The van der Waals surface area contributed by atoms with Crippen molar-refractivity contribution >= 4 is 17.1 Å². The molecule has 0 unspecified atom stereocenters. The Morgan fingerprint density at radius 3 is 3.11 bits per heavy atom. The molecule has 0 fully saturated rings. The van der Waals surface area contributed by atoms with E-state index in [1.54, 1.807) is 0 Å². The summed E-state index contributed by atoms with van der Waals surface area (Å²) in [4.78, 5) is 7.49. The number of pyridine rings is 1. The molecule has 0 aliphatic rings. The Hall–Kier alpha value is -1.61. The number of aromatic nitrogens is 2. The summed E-state index contributed by atoms with van der Waals surface area (Å²) < 4.78 is 0. The van der Waals surface area contributed by atoms with Crippen LogP contribution in [0.3, 0.4) is 0 Å². The zero-order chi connectivity index (χ0) is 13.0. The number of nitrogens with one attached hydrogen (secondary N) is 2. The summed E-state index contributed by atoms with van der Waals surface area (Å²) in [6.45, 7) is 8.59.